The van der Waals surface area contributed by atoms with Gasteiger partial charge in [-0.25, -0.2) is 4.39 Å². The van der Waals surface area contributed by atoms with Gasteiger partial charge in [0.1, 0.15) is 0 Å². The number of hydrogen-bond donors (Lipinski definition) is 0. The summed E-state index contributed by atoms with van der Waals surface area (Å²) in [5, 5.41) is -1.19. The summed E-state index contributed by atoms with van der Waals surface area (Å²) in [6.07, 6.45) is 0.995. The fraction of sp³-hybridized carbons (Fsp3) is 0.154. The van der Waals surface area contributed by atoms with Crippen LogP contribution in [-0.4, -0.2) is 28.5 Å². The normalized spacial score (nSPS) is 14.8. The Kier molecular flexibility index (Phi) is 3.76. The molecular formula is C13H9ClFNO3. The molecule has 1 aromatic carbocycles. The number of amides is 2. The second-order valence-corrected chi connectivity index (χ2v) is 4.27. The summed E-state index contributed by atoms with van der Waals surface area (Å²) in [5.74, 6) is -1.91. The summed E-state index contributed by atoms with van der Waals surface area (Å²) < 4.78 is 12.8. The van der Waals surface area contributed by atoms with Crippen molar-refractivity contribution in [3.8, 4) is 0 Å². The van der Waals surface area contributed by atoms with Crippen molar-refractivity contribution in [2.24, 2.45) is 0 Å². The Morgan fingerprint density at radius 3 is 2.21 bits per heavy atom. The highest BCUT2D eigenvalue weighted by Gasteiger charge is 2.34. The van der Waals surface area contributed by atoms with Crippen LogP contribution in [0, 0.1) is 0 Å². The molecule has 0 spiro atoms. The average molecular weight is 282 g/mol. The molecule has 2 amide bonds. The van der Waals surface area contributed by atoms with Crippen LogP contribution in [-0.2, 0) is 4.79 Å². The van der Waals surface area contributed by atoms with E-state index in [-0.39, 0.29) is 13.0 Å². The molecule has 0 atom stereocenters. The van der Waals surface area contributed by atoms with E-state index in [2.05, 4.69) is 0 Å². The molecule has 2 rings (SSSR count). The third-order valence-electron chi connectivity index (χ3n) is 2.74. The molecule has 0 N–H and O–H groups in total. The SMILES string of the molecule is O=C(Cl)C(F)=CCCN1C(=O)c2ccccc2C1=O. The Hall–Kier alpha value is -2.01. The van der Waals surface area contributed by atoms with Gasteiger partial charge in [0, 0.05) is 6.54 Å². The van der Waals surface area contributed by atoms with Crippen LogP contribution in [0.25, 0.3) is 0 Å². The van der Waals surface area contributed by atoms with Gasteiger partial charge in [0.25, 0.3) is 17.1 Å². The van der Waals surface area contributed by atoms with Gasteiger partial charge in [0.15, 0.2) is 5.83 Å². The van der Waals surface area contributed by atoms with Gasteiger partial charge < -0.3 is 0 Å². The van der Waals surface area contributed by atoms with Crippen LogP contribution in [0.5, 0.6) is 0 Å². The molecule has 4 nitrogen and oxygen atoms in total. The number of benzene rings is 1. The van der Waals surface area contributed by atoms with Crippen LogP contribution in [0.4, 0.5) is 4.39 Å². The van der Waals surface area contributed by atoms with E-state index in [4.69, 9.17) is 11.6 Å². The van der Waals surface area contributed by atoms with Crippen molar-refractivity contribution in [3.05, 3.63) is 47.3 Å². The van der Waals surface area contributed by atoms with Gasteiger partial charge in [-0.2, -0.15) is 0 Å². The minimum atomic E-state index is -1.19. The smallest absolute Gasteiger partial charge is 0.274 e. The number of halogens is 2. The molecule has 1 aliphatic rings. The highest BCUT2D eigenvalue weighted by Crippen LogP contribution is 2.22. The van der Waals surface area contributed by atoms with Crippen LogP contribution < -0.4 is 0 Å². The molecule has 1 aromatic rings. The largest absolute Gasteiger partial charge is 0.280 e. The Morgan fingerprint density at radius 1 is 1.21 bits per heavy atom. The number of hydrogen-bond acceptors (Lipinski definition) is 3. The molecule has 98 valence electrons. The van der Waals surface area contributed by atoms with Gasteiger partial charge in [0.2, 0.25) is 0 Å². The van der Waals surface area contributed by atoms with E-state index >= 15 is 0 Å². The van der Waals surface area contributed by atoms with E-state index in [0.717, 1.165) is 11.0 Å². The first-order valence-corrected chi connectivity index (χ1v) is 5.91. The van der Waals surface area contributed by atoms with Crippen molar-refractivity contribution in [3.63, 3.8) is 0 Å². The van der Waals surface area contributed by atoms with Gasteiger partial charge in [-0.05, 0) is 36.2 Å². The molecule has 0 bridgehead atoms. The Balaban J connectivity index is 2.09. The fourth-order valence-corrected chi connectivity index (χ4v) is 1.92. The van der Waals surface area contributed by atoms with Crippen molar-refractivity contribution in [2.45, 2.75) is 6.42 Å². The monoisotopic (exact) mass is 281 g/mol. The molecule has 6 heteroatoms. The fourth-order valence-electron chi connectivity index (χ4n) is 1.84. The van der Waals surface area contributed by atoms with Crippen molar-refractivity contribution >= 4 is 28.7 Å². The van der Waals surface area contributed by atoms with Gasteiger partial charge in [-0.1, -0.05) is 12.1 Å². The molecular weight excluding hydrogens is 273 g/mol. The van der Waals surface area contributed by atoms with Gasteiger partial charge >= 0.3 is 0 Å². The molecule has 0 unspecified atom stereocenters. The van der Waals surface area contributed by atoms with Crippen molar-refractivity contribution in [1.82, 2.24) is 4.90 Å². The van der Waals surface area contributed by atoms with Crippen LogP contribution in [0.1, 0.15) is 27.1 Å². The predicted octanol–water partition coefficient (Wildman–Crippen LogP) is 2.29. The van der Waals surface area contributed by atoms with Crippen LogP contribution >= 0.6 is 11.6 Å². The van der Waals surface area contributed by atoms with Crippen molar-refractivity contribution in [1.29, 1.82) is 0 Å². The highest BCUT2D eigenvalue weighted by molar-refractivity contribution is 6.67. The number of carbonyl (C=O) groups excluding carboxylic acids is 3. The zero-order valence-electron chi connectivity index (χ0n) is 9.73. The van der Waals surface area contributed by atoms with Crippen LogP contribution in [0.15, 0.2) is 36.2 Å². The zero-order valence-corrected chi connectivity index (χ0v) is 10.5. The molecule has 0 aliphatic carbocycles. The number of fused-ring (bicyclic) bond motifs is 1. The number of allylic oxidation sites excluding steroid dienone is 1. The maximum atomic E-state index is 12.8. The number of nitrogens with zero attached hydrogens (tertiary/aromatic N) is 1. The number of imide groups is 1. The highest BCUT2D eigenvalue weighted by atomic mass is 35.5. The van der Waals surface area contributed by atoms with Gasteiger partial charge in [-0.15, -0.1) is 0 Å². The summed E-state index contributed by atoms with van der Waals surface area (Å²) in [7, 11) is 0. The molecule has 0 saturated carbocycles. The lowest BCUT2D eigenvalue weighted by Gasteiger charge is -2.11. The van der Waals surface area contributed by atoms with Crippen LogP contribution in [0.3, 0.4) is 0 Å². The minimum absolute atomic E-state index is 0.00390. The van der Waals surface area contributed by atoms with Gasteiger partial charge in [0.05, 0.1) is 11.1 Å². The van der Waals surface area contributed by atoms with E-state index in [9.17, 15) is 18.8 Å². The molecule has 0 saturated heterocycles. The molecule has 0 aromatic heterocycles. The van der Waals surface area contributed by atoms with E-state index < -0.39 is 22.9 Å². The average Bonchev–Trinajstić information content (AvgIpc) is 2.64. The molecule has 0 fully saturated rings. The van der Waals surface area contributed by atoms with E-state index in [0.29, 0.717) is 11.1 Å². The summed E-state index contributed by atoms with van der Waals surface area (Å²) in [5.41, 5.74) is 0.677. The predicted molar refractivity (Wildman–Crippen MR) is 66.5 cm³/mol. The van der Waals surface area contributed by atoms with Crippen molar-refractivity contribution < 1.29 is 18.8 Å². The molecule has 1 heterocycles. The maximum absolute atomic E-state index is 12.8. The third-order valence-corrected chi connectivity index (χ3v) is 2.92. The maximum Gasteiger partial charge on any atom is 0.280 e. The third kappa shape index (κ3) is 2.56. The number of carbonyl (C=O) groups is 3. The molecule has 0 radical (unpaired) electrons. The van der Waals surface area contributed by atoms with E-state index in [1.54, 1.807) is 24.3 Å². The second kappa shape index (κ2) is 5.32. The summed E-state index contributed by atoms with van der Waals surface area (Å²) >= 11 is 4.92. The zero-order chi connectivity index (χ0) is 14.0. The Labute approximate surface area is 113 Å². The lowest BCUT2D eigenvalue weighted by Crippen LogP contribution is -2.30. The van der Waals surface area contributed by atoms with Crippen LogP contribution in [0.2, 0.25) is 0 Å². The topological polar surface area (TPSA) is 54.5 Å². The summed E-state index contributed by atoms with van der Waals surface area (Å²) in [6.45, 7) is 0.00390. The van der Waals surface area contributed by atoms with E-state index in [1.807, 2.05) is 0 Å². The first kappa shape index (κ1) is 13.4. The second-order valence-electron chi connectivity index (χ2n) is 3.92. The van der Waals surface area contributed by atoms with Gasteiger partial charge in [-0.3, -0.25) is 19.3 Å². The number of rotatable bonds is 4. The lowest BCUT2D eigenvalue weighted by atomic mass is 10.1. The first-order valence-electron chi connectivity index (χ1n) is 5.53. The first-order chi connectivity index (χ1) is 9.02. The molecule has 19 heavy (non-hydrogen) atoms. The Bertz CT molecular complexity index is 562. The summed E-state index contributed by atoms with van der Waals surface area (Å²) in [4.78, 5) is 35.3. The quantitative estimate of drug-likeness (QED) is 0.483. The standard InChI is InChI=1S/C13H9ClFNO3/c14-11(17)10(15)6-3-7-16-12(18)8-4-1-2-5-9(8)13(16)19/h1-2,4-6H,3,7H2. The Morgan fingerprint density at radius 2 is 1.74 bits per heavy atom. The molecule has 1 aliphatic heterocycles. The summed E-state index contributed by atoms with van der Waals surface area (Å²) in [6, 6.07) is 6.46. The van der Waals surface area contributed by atoms with Crippen molar-refractivity contribution in [2.75, 3.05) is 6.54 Å². The van der Waals surface area contributed by atoms with E-state index in [1.165, 1.54) is 0 Å². The lowest BCUT2D eigenvalue weighted by molar-refractivity contribution is -0.109. The minimum Gasteiger partial charge on any atom is -0.274 e.